The van der Waals surface area contributed by atoms with Crippen LogP contribution >= 0.6 is 0 Å². The summed E-state index contributed by atoms with van der Waals surface area (Å²) in [7, 11) is 2.79. The smallest absolute Gasteiger partial charge is 0.343 e. The highest BCUT2D eigenvalue weighted by Gasteiger charge is 2.52. The second-order valence-corrected chi connectivity index (χ2v) is 10.3. The van der Waals surface area contributed by atoms with Crippen molar-refractivity contribution in [2.45, 2.75) is 25.2 Å². The summed E-state index contributed by atoms with van der Waals surface area (Å²) < 4.78 is 10.1. The van der Waals surface area contributed by atoms with Crippen LogP contribution in [0.1, 0.15) is 11.1 Å². The molecule has 2 aliphatic heterocycles. The summed E-state index contributed by atoms with van der Waals surface area (Å²) in [4.78, 5) is 55.2. The summed E-state index contributed by atoms with van der Waals surface area (Å²) in [6.45, 7) is 0.179. The molecule has 3 aromatic rings. The number of rotatable bonds is 9. The second kappa shape index (κ2) is 12.8. The van der Waals surface area contributed by atoms with Crippen molar-refractivity contribution in [1.29, 1.82) is 0 Å². The maximum atomic E-state index is 14.1. The first-order chi connectivity index (χ1) is 20.8. The van der Waals surface area contributed by atoms with Crippen molar-refractivity contribution in [3.05, 3.63) is 77.9 Å². The molecular weight excluding hydrogens is 550 g/mol. The molecule has 3 aromatic carbocycles. The monoisotopic (exact) mass is 583 g/mol. The van der Waals surface area contributed by atoms with Gasteiger partial charge in [0.2, 0.25) is 11.8 Å². The molecule has 2 atom stereocenters. The zero-order valence-electron chi connectivity index (χ0n) is 24.1. The van der Waals surface area contributed by atoms with Crippen molar-refractivity contribution in [2.24, 2.45) is 0 Å². The molecular formula is C32H33N5O6. The van der Waals surface area contributed by atoms with E-state index in [1.807, 2.05) is 42.5 Å². The Balaban J connectivity index is 1.46. The van der Waals surface area contributed by atoms with Gasteiger partial charge in [-0.3, -0.25) is 9.59 Å². The fourth-order valence-electron chi connectivity index (χ4n) is 5.67. The van der Waals surface area contributed by atoms with Gasteiger partial charge in [-0.1, -0.05) is 60.5 Å². The van der Waals surface area contributed by atoms with Crippen LogP contribution in [0.3, 0.4) is 0 Å². The number of urea groups is 1. The average molecular weight is 584 g/mol. The fraction of sp³-hybridized carbons (Fsp3) is 0.312. The van der Waals surface area contributed by atoms with Gasteiger partial charge < -0.3 is 24.6 Å². The van der Waals surface area contributed by atoms with E-state index in [0.717, 1.165) is 21.9 Å². The first kappa shape index (κ1) is 29.4. The molecule has 0 bridgehead atoms. The average Bonchev–Trinajstić information content (AvgIpc) is 3.35. The molecule has 0 spiro atoms. The highest BCUT2D eigenvalue weighted by Crippen LogP contribution is 2.31. The van der Waals surface area contributed by atoms with Gasteiger partial charge in [0.15, 0.2) is 6.61 Å². The Kier molecular flexibility index (Phi) is 8.78. The lowest BCUT2D eigenvalue weighted by atomic mass is 9.99. The number of methoxy groups -OCH3 is 1. The number of amides is 4. The summed E-state index contributed by atoms with van der Waals surface area (Å²) in [5.41, 5.74) is 1.78. The Morgan fingerprint density at radius 3 is 2.53 bits per heavy atom. The Hall–Kier alpha value is -5.08. The van der Waals surface area contributed by atoms with Gasteiger partial charge in [0.1, 0.15) is 18.0 Å². The number of fused-ring (bicyclic) bond motifs is 2. The minimum atomic E-state index is -0.814. The van der Waals surface area contributed by atoms with Crippen LogP contribution in [0.15, 0.2) is 66.7 Å². The number of hydrogen-bond acceptors (Lipinski definition) is 7. The lowest BCUT2D eigenvalue weighted by Crippen LogP contribution is -2.65. The largest absolute Gasteiger partial charge is 0.482 e. The molecule has 4 amide bonds. The highest BCUT2D eigenvalue weighted by atomic mass is 16.6. The molecule has 43 heavy (non-hydrogen) atoms. The van der Waals surface area contributed by atoms with E-state index >= 15 is 0 Å². The van der Waals surface area contributed by atoms with Crippen LogP contribution in [0.25, 0.3) is 10.8 Å². The number of carbonyl (C=O) groups excluding carboxylic acids is 4. The number of benzene rings is 3. The minimum Gasteiger partial charge on any atom is -0.482 e. The van der Waals surface area contributed by atoms with E-state index < -0.39 is 24.2 Å². The normalized spacial score (nSPS) is 18.3. The van der Waals surface area contributed by atoms with Gasteiger partial charge in [-0.15, -0.1) is 6.42 Å². The van der Waals surface area contributed by atoms with Crippen LogP contribution in [0.5, 0.6) is 5.75 Å². The van der Waals surface area contributed by atoms with Gasteiger partial charge in [0.25, 0.3) is 0 Å². The molecule has 0 saturated carbocycles. The van der Waals surface area contributed by atoms with Crippen molar-refractivity contribution in [2.75, 3.05) is 40.4 Å². The molecule has 5 rings (SSSR count). The number of hydrogen-bond donors (Lipinski definition) is 1. The van der Waals surface area contributed by atoms with E-state index in [1.165, 1.54) is 19.2 Å². The molecule has 2 fully saturated rings. The van der Waals surface area contributed by atoms with Crippen LogP contribution in [0.4, 0.5) is 4.79 Å². The first-order valence-corrected chi connectivity index (χ1v) is 13.9. The molecule has 0 aromatic heterocycles. The fourth-order valence-corrected chi connectivity index (χ4v) is 5.67. The van der Waals surface area contributed by atoms with E-state index in [0.29, 0.717) is 12.3 Å². The van der Waals surface area contributed by atoms with Gasteiger partial charge in [-0.05, 0) is 34.0 Å². The van der Waals surface area contributed by atoms with Crippen LogP contribution in [-0.4, -0.2) is 96.2 Å². The van der Waals surface area contributed by atoms with Crippen molar-refractivity contribution in [3.63, 3.8) is 0 Å². The quantitative estimate of drug-likeness (QED) is 0.303. The van der Waals surface area contributed by atoms with E-state index in [9.17, 15) is 19.2 Å². The van der Waals surface area contributed by atoms with Gasteiger partial charge in [-0.2, -0.15) is 5.01 Å². The Labute approximate surface area is 249 Å². The molecule has 2 aliphatic rings. The number of piperazine rings is 1. The number of ether oxygens (including phenoxy) is 2. The number of hydrazine groups is 1. The van der Waals surface area contributed by atoms with Crippen molar-refractivity contribution >= 4 is 34.6 Å². The lowest BCUT2D eigenvalue weighted by Gasteiger charge is -2.46. The SMILES string of the molecule is C#CCN(C(=O)NC)N1CC(=O)N2[C@@H](Cc3ccc(OCC(=O)OC)cc3)C(=O)N(Cc3cccc4ccccc34)C[C@@H]21. The highest BCUT2D eigenvalue weighted by molar-refractivity contribution is 5.92. The topological polar surface area (TPSA) is 112 Å². The van der Waals surface area contributed by atoms with E-state index in [-0.39, 0.29) is 44.5 Å². The third-order valence-electron chi connectivity index (χ3n) is 7.74. The molecule has 11 heteroatoms. The van der Waals surface area contributed by atoms with E-state index in [1.54, 1.807) is 39.1 Å². The predicted molar refractivity (Wildman–Crippen MR) is 158 cm³/mol. The van der Waals surface area contributed by atoms with Crippen LogP contribution in [0, 0.1) is 12.3 Å². The lowest BCUT2D eigenvalue weighted by molar-refractivity contribution is -0.157. The third-order valence-corrected chi connectivity index (χ3v) is 7.74. The summed E-state index contributed by atoms with van der Waals surface area (Å²) in [5.74, 6) is 2.02. The molecule has 222 valence electrons. The summed E-state index contributed by atoms with van der Waals surface area (Å²) >= 11 is 0. The van der Waals surface area contributed by atoms with Crippen molar-refractivity contribution in [3.8, 4) is 18.1 Å². The summed E-state index contributed by atoms with van der Waals surface area (Å²) in [6, 6.07) is 19.7. The van der Waals surface area contributed by atoms with Crippen molar-refractivity contribution < 1.29 is 28.7 Å². The molecule has 0 aliphatic carbocycles. The number of carbonyl (C=O) groups is 4. The molecule has 1 N–H and O–H groups in total. The molecule has 2 heterocycles. The third kappa shape index (κ3) is 6.10. The molecule has 2 saturated heterocycles. The standard InChI is InChI=1S/C32H33N5O6/c1-4-16-35(32(41)33-2)36-20-29(38)37-27(17-22-12-14-25(15-13-22)43-21-30(39)42-3)31(40)34(19-28(36)37)18-24-10-7-9-23-8-5-6-11-26(23)24/h1,5-15,27-28H,16-21H2,2-3H3,(H,33,41)/t27-,28+/m0/s1. The van der Waals surface area contributed by atoms with Gasteiger partial charge in [0.05, 0.1) is 26.7 Å². The second-order valence-electron chi connectivity index (χ2n) is 10.3. The molecule has 11 nitrogen and oxygen atoms in total. The van der Waals surface area contributed by atoms with Gasteiger partial charge >= 0.3 is 12.0 Å². The predicted octanol–water partition coefficient (Wildman–Crippen LogP) is 2.01. The van der Waals surface area contributed by atoms with Crippen LogP contribution in [0.2, 0.25) is 0 Å². The number of terminal acetylenes is 1. The zero-order valence-corrected chi connectivity index (χ0v) is 24.1. The summed E-state index contributed by atoms with van der Waals surface area (Å²) in [5, 5.41) is 7.70. The van der Waals surface area contributed by atoms with E-state index in [2.05, 4.69) is 16.0 Å². The van der Waals surface area contributed by atoms with Crippen LogP contribution in [-0.2, 0) is 32.1 Å². The first-order valence-electron chi connectivity index (χ1n) is 13.9. The number of esters is 1. The zero-order chi connectivity index (χ0) is 30.5. The maximum absolute atomic E-state index is 14.1. The Bertz CT molecular complexity index is 1560. The summed E-state index contributed by atoms with van der Waals surface area (Å²) in [6.07, 6.45) is 5.23. The van der Waals surface area contributed by atoms with Crippen molar-refractivity contribution in [1.82, 2.24) is 25.1 Å². The molecule has 0 unspecified atom stereocenters. The Morgan fingerprint density at radius 1 is 1.07 bits per heavy atom. The Morgan fingerprint density at radius 2 is 1.81 bits per heavy atom. The minimum absolute atomic E-state index is 0.0355. The van der Waals surface area contributed by atoms with Gasteiger partial charge in [0, 0.05) is 20.0 Å². The van der Waals surface area contributed by atoms with Gasteiger partial charge in [-0.25, -0.2) is 14.6 Å². The van der Waals surface area contributed by atoms with Crippen LogP contribution < -0.4 is 10.1 Å². The number of nitrogens with one attached hydrogen (secondary N) is 1. The number of nitrogens with zero attached hydrogens (tertiary/aromatic N) is 4. The maximum Gasteiger partial charge on any atom is 0.343 e. The van der Waals surface area contributed by atoms with E-state index in [4.69, 9.17) is 11.2 Å². The molecule has 0 radical (unpaired) electrons.